The van der Waals surface area contributed by atoms with Crippen molar-refractivity contribution in [3.05, 3.63) is 69.1 Å². The topological polar surface area (TPSA) is 97.2 Å². The molecular formula is C18H18ClN5O3. The molecule has 3 aromatic rings. The monoisotopic (exact) mass is 387 g/mol. The van der Waals surface area contributed by atoms with Crippen LogP contribution in [0.4, 0.5) is 0 Å². The molecule has 140 valence electrons. The number of allylic oxidation sites excluding steroid dienone is 1. The maximum absolute atomic E-state index is 12.3. The third kappa shape index (κ3) is 3.44. The van der Waals surface area contributed by atoms with Gasteiger partial charge in [-0.25, -0.2) is 4.79 Å². The third-order valence-electron chi connectivity index (χ3n) is 4.13. The van der Waals surface area contributed by atoms with Crippen LogP contribution in [-0.4, -0.2) is 26.9 Å². The van der Waals surface area contributed by atoms with Gasteiger partial charge in [0.25, 0.3) is 0 Å². The summed E-state index contributed by atoms with van der Waals surface area (Å²) in [7, 11) is 3.10. The van der Waals surface area contributed by atoms with E-state index in [9.17, 15) is 4.79 Å². The van der Waals surface area contributed by atoms with Crippen molar-refractivity contribution >= 4 is 22.9 Å². The summed E-state index contributed by atoms with van der Waals surface area (Å²) >= 11 is 6.44. The van der Waals surface area contributed by atoms with Crippen LogP contribution in [0.1, 0.15) is 18.1 Å². The summed E-state index contributed by atoms with van der Waals surface area (Å²) < 4.78 is 7.53. The average Bonchev–Trinajstić information content (AvgIpc) is 3.02. The van der Waals surface area contributed by atoms with Gasteiger partial charge in [0.1, 0.15) is 5.75 Å². The Balaban J connectivity index is 2.27. The van der Waals surface area contributed by atoms with Gasteiger partial charge in [-0.1, -0.05) is 29.8 Å². The highest BCUT2D eigenvalue weighted by atomic mass is 35.5. The smallest absolute Gasteiger partial charge is 0.368 e. The number of tetrazole rings is 1. The summed E-state index contributed by atoms with van der Waals surface area (Å²) in [6.45, 7) is 1.84. The highest BCUT2D eigenvalue weighted by Gasteiger charge is 2.21. The molecule has 0 radical (unpaired) electrons. The molecule has 27 heavy (non-hydrogen) atoms. The predicted octanol–water partition coefficient (Wildman–Crippen LogP) is 2.41. The number of benzene rings is 2. The second-order valence-corrected chi connectivity index (χ2v) is 6.14. The molecule has 0 saturated carbocycles. The van der Waals surface area contributed by atoms with E-state index in [1.165, 1.54) is 7.05 Å². The predicted molar refractivity (Wildman–Crippen MR) is 102 cm³/mol. The Labute approximate surface area is 160 Å². The maximum atomic E-state index is 12.3. The van der Waals surface area contributed by atoms with Gasteiger partial charge < -0.3 is 9.57 Å². The number of halogens is 1. The largest absolute Gasteiger partial charge is 0.497 e. The van der Waals surface area contributed by atoms with Crippen LogP contribution in [0.15, 0.2) is 47.3 Å². The van der Waals surface area contributed by atoms with Crippen molar-refractivity contribution in [2.45, 2.75) is 6.92 Å². The van der Waals surface area contributed by atoms with Crippen LogP contribution >= 0.6 is 11.6 Å². The number of hydrogen-bond donors (Lipinski definition) is 1. The van der Waals surface area contributed by atoms with Gasteiger partial charge in [0.15, 0.2) is 5.76 Å². The Hall–Kier alpha value is -3.10. The minimum absolute atomic E-state index is 0.307. The Kier molecular flexibility index (Phi) is 5.29. The molecule has 0 bridgehead atoms. The van der Waals surface area contributed by atoms with E-state index in [1.807, 2.05) is 31.2 Å². The van der Waals surface area contributed by atoms with Gasteiger partial charge in [-0.2, -0.15) is 15.3 Å². The lowest BCUT2D eigenvalue weighted by molar-refractivity contribution is 0.291. The van der Waals surface area contributed by atoms with Crippen molar-refractivity contribution in [2.75, 3.05) is 7.11 Å². The molecule has 3 rings (SSSR count). The lowest BCUT2D eigenvalue weighted by Gasteiger charge is -2.16. The van der Waals surface area contributed by atoms with E-state index in [0.717, 1.165) is 14.9 Å². The van der Waals surface area contributed by atoms with Gasteiger partial charge in [-0.3, -0.25) is 0 Å². The Morgan fingerprint density at radius 1 is 1.19 bits per heavy atom. The molecule has 0 aliphatic carbocycles. The van der Waals surface area contributed by atoms with Gasteiger partial charge in [-0.05, 0) is 47.2 Å². The number of ether oxygens (including phenoxy) is 1. The Morgan fingerprint density at radius 2 is 1.93 bits per heavy atom. The second kappa shape index (κ2) is 7.65. The Bertz CT molecular complexity index is 1070. The number of hydrogen-bond acceptors (Lipinski definition) is 6. The SMILES string of the molecule is COc1cccc(/C(C)=C(/ON)c2c(Cl)cccc2-n2nnn(C)c2=O)c1. The van der Waals surface area contributed by atoms with Gasteiger partial charge in [0.2, 0.25) is 0 Å². The second-order valence-electron chi connectivity index (χ2n) is 5.73. The molecular weight excluding hydrogens is 370 g/mol. The molecule has 1 heterocycles. The van der Waals surface area contributed by atoms with Crippen LogP contribution in [0.25, 0.3) is 17.0 Å². The molecule has 2 N–H and O–H groups in total. The Morgan fingerprint density at radius 3 is 2.56 bits per heavy atom. The zero-order valence-electron chi connectivity index (χ0n) is 15.0. The molecule has 0 saturated heterocycles. The summed E-state index contributed by atoms with van der Waals surface area (Å²) in [6, 6.07) is 12.5. The van der Waals surface area contributed by atoms with Gasteiger partial charge >= 0.3 is 5.69 Å². The molecule has 0 aliphatic heterocycles. The van der Waals surface area contributed by atoms with E-state index in [0.29, 0.717) is 33.4 Å². The van der Waals surface area contributed by atoms with E-state index in [4.69, 9.17) is 27.1 Å². The highest BCUT2D eigenvalue weighted by molar-refractivity contribution is 6.33. The van der Waals surface area contributed by atoms with Gasteiger partial charge in [0, 0.05) is 12.6 Å². The first-order valence-electron chi connectivity index (χ1n) is 7.98. The molecule has 0 fully saturated rings. The van der Waals surface area contributed by atoms with Crippen molar-refractivity contribution in [3.63, 3.8) is 0 Å². The minimum Gasteiger partial charge on any atom is -0.497 e. The van der Waals surface area contributed by atoms with Crippen molar-refractivity contribution < 1.29 is 9.57 Å². The fourth-order valence-corrected chi connectivity index (χ4v) is 2.96. The first-order chi connectivity index (χ1) is 13.0. The number of nitrogens with zero attached hydrogens (tertiary/aromatic N) is 4. The summed E-state index contributed by atoms with van der Waals surface area (Å²) in [6.07, 6.45) is 0. The zero-order valence-corrected chi connectivity index (χ0v) is 15.8. The number of nitrogens with two attached hydrogens (primary N) is 1. The number of aromatic nitrogens is 4. The summed E-state index contributed by atoms with van der Waals surface area (Å²) in [5.41, 5.74) is 1.96. The fraction of sp³-hybridized carbons (Fsp3) is 0.167. The van der Waals surface area contributed by atoms with Crippen LogP contribution in [0.5, 0.6) is 5.75 Å². The van der Waals surface area contributed by atoms with E-state index in [1.54, 1.807) is 25.3 Å². The first-order valence-corrected chi connectivity index (χ1v) is 8.36. The van der Waals surface area contributed by atoms with E-state index in [2.05, 4.69) is 10.4 Å². The zero-order chi connectivity index (χ0) is 19.6. The standard InChI is InChI=1S/C18H18ClN5O3/c1-11(12-6-4-7-13(10-12)26-3)17(27-20)16-14(19)8-5-9-15(16)24-18(25)23(2)21-22-24/h4-10H,20H2,1-3H3/b17-11+. The normalized spacial score (nSPS) is 11.9. The lowest BCUT2D eigenvalue weighted by atomic mass is 10.0. The highest BCUT2D eigenvalue weighted by Crippen LogP contribution is 2.35. The van der Waals surface area contributed by atoms with Crippen molar-refractivity contribution in [1.82, 2.24) is 19.8 Å². The minimum atomic E-state index is -0.422. The van der Waals surface area contributed by atoms with Gasteiger partial charge in [0.05, 0.1) is 23.4 Å². The summed E-state index contributed by atoms with van der Waals surface area (Å²) in [5.74, 6) is 6.59. The van der Waals surface area contributed by atoms with Crippen LogP contribution in [-0.2, 0) is 11.9 Å². The molecule has 0 aliphatic rings. The van der Waals surface area contributed by atoms with E-state index in [-0.39, 0.29) is 0 Å². The fourth-order valence-electron chi connectivity index (χ4n) is 2.70. The molecule has 0 amide bonds. The molecule has 8 nitrogen and oxygen atoms in total. The number of aryl methyl sites for hydroxylation is 1. The van der Waals surface area contributed by atoms with E-state index >= 15 is 0 Å². The summed E-state index contributed by atoms with van der Waals surface area (Å²) in [4.78, 5) is 17.5. The molecule has 0 spiro atoms. The number of rotatable bonds is 5. The van der Waals surface area contributed by atoms with Crippen LogP contribution in [0, 0.1) is 0 Å². The van der Waals surface area contributed by atoms with Crippen LogP contribution < -0.4 is 16.3 Å². The average molecular weight is 388 g/mol. The maximum Gasteiger partial charge on any atom is 0.368 e. The van der Waals surface area contributed by atoms with Crippen LogP contribution in [0.2, 0.25) is 5.02 Å². The first kappa shape index (κ1) is 18.7. The summed E-state index contributed by atoms with van der Waals surface area (Å²) in [5, 5.41) is 7.98. The molecule has 0 atom stereocenters. The lowest BCUT2D eigenvalue weighted by Crippen LogP contribution is -2.23. The van der Waals surface area contributed by atoms with Crippen LogP contribution in [0.3, 0.4) is 0 Å². The van der Waals surface area contributed by atoms with Gasteiger partial charge in [-0.15, -0.1) is 0 Å². The van der Waals surface area contributed by atoms with Crippen molar-refractivity contribution in [3.8, 4) is 11.4 Å². The van der Waals surface area contributed by atoms with Crippen molar-refractivity contribution in [2.24, 2.45) is 12.9 Å². The third-order valence-corrected chi connectivity index (χ3v) is 4.44. The van der Waals surface area contributed by atoms with Crippen molar-refractivity contribution in [1.29, 1.82) is 0 Å². The molecule has 0 unspecified atom stereocenters. The molecule has 2 aromatic carbocycles. The number of methoxy groups -OCH3 is 1. The quantitative estimate of drug-likeness (QED) is 0.410. The molecule has 1 aromatic heterocycles. The molecule has 9 heteroatoms. The van der Waals surface area contributed by atoms with E-state index < -0.39 is 5.69 Å².